The molecule has 6 heteroatoms. The van der Waals surface area contributed by atoms with E-state index in [2.05, 4.69) is 10.1 Å². The van der Waals surface area contributed by atoms with E-state index in [4.69, 9.17) is 5.73 Å². The fraction of sp³-hybridized carbons (Fsp3) is 0.333. The number of anilines is 1. The molecule has 1 aromatic carbocycles. The predicted octanol–water partition coefficient (Wildman–Crippen LogP) is 1.04. The second-order valence-electron chi connectivity index (χ2n) is 3.63. The van der Waals surface area contributed by atoms with Gasteiger partial charge in [-0.15, -0.1) is 11.8 Å². The van der Waals surface area contributed by atoms with Gasteiger partial charge in [-0.3, -0.25) is 4.79 Å². The van der Waals surface area contributed by atoms with E-state index in [0.29, 0.717) is 11.4 Å². The van der Waals surface area contributed by atoms with Crippen molar-refractivity contribution in [2.45, 2.75) is 17.9 Å². The number of amides is 1. The van der Waals surface area contributed by atoms with Crippen LogP contribution in [0.1, 0.15) is 6.92 Å². The van der Waals surface area contributed by atoms with Crippen LogP contribution in [0.3, 0.4) is 0 Å². The molecule has 1 unspecified atom stereocenters. The van der Waals surface area contributed by atoms with Crippen LogP contribution in [0.2, 0.25) is 0 Å². The summed E-state index contributed by atoms with van der Waals surface area (Å²) in [6.07, 6.45) is 0. The van der Waals surface area contributed by atoms with Crippen molar-refractivity contribution in [2.75, 3.05) is 18.6 Å². The highest BCUT2D eigenvalue weighted by Gasteiger charge is 2.20. The summed E-state index contributed by atoms with van der Waals surface area (Å²) in [6.45, 7) is 1.36. The molecule has 0 fully saturated rings. The number of rotatable bonds is 5. The van der Waals surface area contributed by atoms with E-state index in [-0.39, 0.29) is 5.91 Å². The van der Waals surface area contributed by atoms with Gasteiger partial charge in [-0.25, -0.2) is 4.79 Å². The number of para-hydroxylation sites is 1. The van der Waals surface area contributed by atoms with Crippen LogP contribution in [-0.2, 0) is 14.3 Å². The van der Waals surface area contributed by atoms with E-state index in [1.54, 1.807) is 6.07 Å². The number of esters is 1. The first-order valence-electron chi connectivity index (χ1n) is 5.37. The number of nitrogen functional groups attached to an aromatic ring is 1. The van der Waals surface area contributed by atoms with Crippen molar-refractivity contribution in [2.24, 2.45) is 0 Å². The zero-order chi connectivity index (χ0) is 13.5. The molecule has 0 aromatic heterocycles. The lowest BCUT2D eigenvalue weighted by atomic mass is 10.3. The van der Waals surface area contributed by atoms with Crippen LogP contribution in [0, 0.1) is 0 Å². The first kappa shape index (κ1) is 14.4. The van der Waals surface area contributed by atoms with Gasteiger partial charge >= 0.3 is 5.97 Å². The van der Waals surface area contributed by atoms with E-state index >= 15 is 0 Å². The summed E-state index contributed by atoms with van der Waals surface area (Å²) in [5.41, 5.74) is 6.44. The zero-order valence-corrected chi connectivity index (χ0v) is 11.1. The van der Waals surface area contributed by atoms with Crippen LogP contribution in [0.4, 0.5) is 5.69 Å². The summed E-state index contributed by atoms with van der Waals surface area (Å²) in [5.74, 6) is -0.361. The van der Waals surface area contributed by atoms with Gasteiger partial charge in [0.05, 0.1) is 7.11 Å². The minimum atomic E-state index is -0.669. The van der Waals surface area contributed by atoms with E-state index in [9.17, 15) is 9.59 Å². The van der Waals surface area contributed by atoms with Crippen LogP contribution < -0.4 is 11.1 Å². The van der Waals surface area contributed by atoms with Gasteiger partial charge in [-0.05, 0) is 12.1 Å². The minimum Gasteiger partial charge on any atom is -0.467 e. The summed E-state index contributed by atoms with van der Waals surface area (Å²) in [6, 6.07) is 6.68. The van der Waals surface area contributed by atoms with Crippen LogP contribution >= 0.6 is 11.8 Å². The standard InChI is InChI=1S/C12H16N2O3S/c1-8(15)14-10(12(16)17-2)7-18-11-6-4-3-5-9(11)13/h3-6,10H,7,13H2,1-2H3,(H,14,15). The van der Waals surface area contributed by atoms with Gasteiger partial charge in [0, 0.05) is 23.3 Å². The van der Waals surface area contributed by atoms with Crippen LogP contribution in [0.25, 0.3) is 0 Å². The number of nitrogens with one attached hydrogen (secondary N) is 1. The molecule has 1 aromatic rings. The summed E-state index contributed by atoms with van der Waals surface area (Å²) in [7, 11) is 1.29. The minimum absolute atomic E-state index is 0.271. The number of benzene rings is 1. The molecule has 0 aliphatic heterocycles. The summed E-state index contributed by atoms with van der Waals surface area (Å²) in [5, 5.41) is 2.55. The molecular weight excluding hydrogens is 252 g/mol. The lowest BCUT2D eigenvalue weighted by Crippen LogP contribution is -2.42. The third kappa shape index (κ3) is 4.29. The van der Waals surface area contributed by atoms with Gasteiger partial charge in [-0.1, -0.05) is 12.1 Å². The molecule has 0 bridgehead atoms. The summed E-state index contributed by atoms with van der Waals surface area (Å²) >= 11 is 1.40. The highest BCUT2D eigenvalue weighted by molar-refractivity contribution is 7.99. The highest BCUT2D eigenvalue weighted by atomic mass is 32.2. The lowest BCUT2D eigenvalue weighted by molar-refractivity contribution is -0.144. The Morgan fingerprint density at radius 3 is 2.67 bits per heavy atom. The highest BCUT2D eigenvalue weighted by Crippen LogP contribution is 2.24. The monoisotopic (exact) mass is 268 g/mol. The molecule has 0 saturated heterocycles. The van der Waals surface area contributed by atoms with Gasteiger partial charge in [0.2, 0.25) is 5.91 Å². The number of carbonyl (C=O) groups excluding carboxylic acids is 2. The number of methoxy groups -OCH3 is 1. The van der Waals surface area contributed by atoms with Crippen LogP contribution in [-0.4, -0.2) is 30.8 Å². The fourth-order valence-electron chi connectivity index (χ4n) is 1.34. The molecule has 0 spiro atoms. The topological polar surface area (TPSA) is 81.4 Å². The maximum absolute atomic E-state index is 11.5. The van der Waals surface area contributed by atoms with Gasteiger partial charge < -0.3 is 15.8 Å². The molecule has 1 rings (SSSR count). The molecule has 98 valence electrons. The molecule has 0 aliphatic carbocycles. The molecule has 5 nitrogen and oxygen atoms in total. The van der Waals surface area contributed by atoms with Crippen LogP contribution in [0.5, 0.6) is 0 Å². The number of nitrogens with two attached hydrogens (primary N) is 1. The first-order valence-corrected chi connectivity index (χ1v) is 6.35. The Balaban J connectivity index is 2.64. The number of ether oxygens (including phenoxy) is 1. The van der Waals surface area contributed by atoms with Gasteiger partial charge in [0.15, 0.2) is 0 Å². The average molecular weight is 268 g/mol. The Bertz CT molecular complexity index is 437. The second-order valence-corrected chi connectivity index (χ2v) is 4.69. The third-order valence-electron chi connectivity index (χ3n) is 2.19. The molecule has 18 heavy (non-hydrogen) atoms. The van der Waals surface area contributed by atoms with Crippen molar-refractivity contribution in [3.8, 4) is 0 Å². The molecule has 1 atom stereocenters. The number of thioether (sulfide) groups is 1. The predicted molar refractivity (Wildman–Crippen MR) is 71.2 cm³/mol. The van der Waals surface area contributed by atoms with Crippen molar-refractivity contribution in [3.05, 3.63) is 24.3 Å². The molecule has 0 aliphatic rings. The van der Waals surface area contributed by atoms with Gasteiger partial charge in [-0.2, -0.15) is 0 Å². The molecular formula is C12H16N2O3S. The third-order valence-corrected chi connectivity index (χ3v) is 3.37. The molecule has 3 N–H and O–H groups in total. The van der Waals surface area contributed by atoms with Crippen molar-refractivity contribution in [1.29, 1.82) is 0 Å². The quantitative estimate of drug-likeness (QED) is 0.474. The van der Waals surface area contributed by atoms with Crippen LogP contribution in [0.15, 0.2) is 29.2 Å². The zero-order valence-electron chi connectivity index (χ0n) is 10.3. The average Bonchev–Trinajstić information content (AvgIpc) is 2.34. The fourth-order valence-corrected chi connectivity index (χ4v) is 2.32. The number of hydrogen-bond donors (Lipinski definition) is 2. The Morgan fingerprint density at radius 1 is 1.44 bits per heavy atom. The summed E-state index contributed by atoms with van der Waals surface area (Å²) < 4.78 is 4.63. The Morgan fingerprint density at radius 2 is 2.11 bits per heavy atom. The Labute approximate surface area is 110 Å². The van der Waals surface area contributed by atoms with E-state index in [1.165, 1.54) is 25.8 Å². The SMILES string of the molecule is COC(=O)C(CSc1ccccc1N)NC(C)=O. The molecule has 0 radical (unpaired) electrons. The lowest BCUT2D eigenvalue weighted by Gasteiger charge is -2.15. The smallest absolute Gasteiger partial charge is 0.329 e. The summed E-state index contributed by atoms with van der Waals surface area (Å²) in [4.78, 5) is 23.3. The maximum atomic E-state index is 11.5. The molecule has 0 heterocycles. The van der Waals surface area contributed by atoms with Gasteiger partial charge in [0.25, 0.3) is 0 Å². The first-order chi connectivity index (χ1) is 8.54. The van der Waals surface area contributed by atoms with E-state index in [0.717, 1.165) is 4.90 Å². The number of carbonyl (C=O) groups is 2. The van der Waals surface area contributed by atoms with Crippen molar-refractivity contribution < 1.29 is 14.3 Å². The Hall–Kier alpha value is -1.69. The van der Waals surface area contributed by atoms with E-state index < -0.39 is 12.0 Å². The largest absolute Gasteiger partial charge is 0.467 e. The van der Waals surface area contributed by atoms with Gasteiger partial charge in [0.1, 0.15) is 6.04 Å². The second kappa shape index (κ2) is 6.90. The van der Waals surface area contributed by atoms with Crippen molar-refractivity contribution >= 4 is 29.3 Å². The maximum Gasteiger partial charge on any atom is 0.329 e. The van der Waals surface area contributed by atoms with Crippen molar-refractivity contribution in [3.63, 3.8) is 0 Å². The van der Waals surface area contributed by atoms with Crippen molar-refractivity contribution in [1.82, 2.24) is 5.32 Å². The Kier molecular flexibility index (Phi) is 5.51. The van der Waals surface area contributed by atoms with E-state index in [1.807, 2.05) is 18.2 Å². The number of hydrogen-bond acceptors (Lipinski definition) is 5. The normalized spacial score (nSPS) is 11.7. The molecule has 1 amide bonds. The molecule has 0 saturated carbocycles.